The fourth-order valence-electron chi connectivity index (χ4n) is 2.21. The number of halogens is 1. The standard InChI is InChI=1S/C17H20ClNO/c1-3-11-19-17(13-7-5-4-6-8-13)15-10-9-14(20-2)12-16(15)18/h4-10,12,17,19H,3,11H2,1-2H3. The molecular formula is C17H20ClNO. The molecule has 2 rings (SSSR count). The maximum absolute atomic E-state index is 6.41. The van der Waals surface area contributed by atoms with E-state index in [1.807, 2.05) is 36.4 Å². The Morgan fingerprint density at radius 1 is 1.15 bits per heavy atom. The summed E-state index contributed by atoms with van der Waals surface area (Å²) in [7, 11) is 1.65. The highest BCUT2D eigenvalue weighted by molar-refractivity contribution is 6.31. The molecule has 1 unspecified atom stereocenters. The molecule has 2 aromatic carbocycles. The first-order valence-corrected chi connectivity index (χ1v) is 7.25. The summed E-state index contributed by atoms with van der Waals surface area (Å²) in [4.78, 5) is 0. The average molecular weight is 290 g/mol. The number of hydrogen-bond acceptors (Lipinski definition) is 2. The van der Waals surface area contributed by atoms with Crippen LogP contribution in [0.4, 0.5) is 0 Å². The van der Waals surface area contributed by atoms with E-state index in [4.69, 9.17) is 16.3 Å². The van der Waals surface area contributed by atoms with Crippen LogP contribution < -0.4 is 10.1 Å². The summed E-state index contributed by atoms with van der Waals surface area (Å²) in [6, 6.07) is 16.3. The largest absolute Gasteiger partial charge is 0.497 e. The molecule has 0 spiro atoms. The van der Waals surface area contributed by atoms with E-state index in [0.29, 0.717) is 0 Å². The summed E-state index contributed by atoms with van der Waals surface area (Å²) in [5.74, 6) is 0.779. The number of nitrogens with one attached hydrogen (secondary N) is 1. The van der Waals surface area contributed by atoms with Gasteiger partial charge < -0.3 is 10.1 Å². The lowest BCUT2D eigenvalue weighted by atomic mass is 9.98. The molecular weight excluding hydrogens is 270 g/mol. The van der Waals surface area contributed by atoms with Crippen LogP contribution in [0.2, 0.25) is 5.02 Å². The smallest absolute Gasteiger partial charge is 0.120 e. The van der Waals surface area contributed by atoms with Crippen molar-refractivity contribution < 1.29 is 4.74 Å². The molecule has 106 valence electrons. The first-order chi connectivity index (χ1) is 9.76. The number of rotatable bonds is 6. The van der Waals surface area contributed by atoms with E-state index >= 15 is 0 Å². The quantitative estimate of drug-likeness (QED) is 0.849. The molecule has 0 aliphatic rings. The van der Waals surface area contributed by atoms with E-state index in [1.54, 1.807) is 7.11 Å². The van der Waals surface area contributed by atoms with E-state index in [-0.39, 0.29) is 6.04 Å². The highest BCUT2D eigenvalue weighted by atomic mass is 35.5. The van der Waals surface area contributed by atoms with Crippen molar-refractivity contribution in [2.45, 2.75) is 19.4 Å². The third kappa shape index (κ3) is 3.53. The number of methoxy groups -OCH3 is 1. The van der Waals surface area contributed by atoms with Gasteiger partial charge in [0.2, 0.25) is 0 Å². The van der Waals surface area contributed by atoms with Crippen molar-refractivity contribution in [3.05, 3.63) is 64.7 Å². The third-order valence-electron chi connectivity index (χ3n) is 3.25. The second kappa shape index (κ2) is 7.32. The van der Waals surface area contributed by atoms with Crippen LogP contribution in [0, 0.1) is 0 Å². The summed E-state index contributed by atoms with van der Waals surface area (Å²) in [6.07, 6.45) is 1.08. The molecule has 1 atom stereocenters. The zero-order valence-electron chi connectivity index (χ0n) is 11.9. The fourth-order valence-corrected chi connectivity index (χ4v) is 2.49. The van der Waals surface area contributed by atoms with Gasteiger partial charge in [0.05, 0.1) is 13.2 Å². The maximum Gasteiger partial charge on any atom is 0.120 e. The fraction of sp³-hybridized carbons (Fsp3) is 0.294. The summed E-state index contributed by atoms with van der Waals surface area (Å²) >= 11 is 6.41. The van der Waals surface area contributed by atoms with Crippen molar-refractivity contribution in [1.29, 1.82) is 0 Å². The van der Waals surface area contributed by atoms with Gasteiger partial charge >= 0.3 is 0 Å². The Balaban J connectivity index is 2.36. The summed E-state index contributed by atoms with van der Waals surface area (Å²) < 4.78 is 5.21. The molecule has 3 heteroatoms. The first kappa shape index (κ1) is 14.9. The van der Waals surface area contributed by atoms with Gasteiger partial charge in [0, 0.05) is 5.02 Å². The normalized spacial score (nSPS) is 12.2. The Kier molecular flexibility index (Phi) is 5.45. The predicted molar refractivity (Wildman–Crippen MR) is 84.6 cm³/mol. The van der Waals surface area contributed by atoms with Crippen molar-refractivity contribution in [2.75, 3.05) is 13.7 Å². The van der Waals surface area contributed by atoms with Crippen molar-refractivity contribution in [3.63, 3.8) is 0 Å². The summed E-state index contributed by atoms with van der Waals surface area (Å²) in [5.41, 5.74) is 2.29. The molecule has 2 aromatic rings. The molecule has 0 heterocycles. The van der Waals surface area contributed by atoms with Crippen LogP contribution >= 0.6 is 11.6 Å². The van der Waals surface area contributed by atoms with Crippen LogP contribution in [0.3, 0.4) is 0 Å². The molecule has 0 amide bonds. The lowest BCUT2D eigenvalue weighted by Gasteiger charge is -2.21. The van der Waals surface area contributed by atoms with Crippen molar-refractivity contribution >= 4 is 11.6 Å². The van der Waals surface area contributed by atoms with Crippen LogP contribution in [-0.4, -0.2) is 13.7 Å². The van der Waals surface area contributed by atoms with E-state index in [0.717, 1.165) is 29.3 Å². The predicted octanol–water partition coefficient (Wildman–Crippen LogP) is 4.44. The van der Waals surface area contributed by atoms with E-state index in [1.165, 1.54) is 5.56 Å². The SMILES string of the molecule is CCCNC(c1ccccc1)c1ccc(OC)cc1Cl. The van der Waals surface area contributed by atoms with E-state index in [9.17, 15) is 0 Å². The molecule has 2 nitrogen and oxygen atoms in total. The Morgan fingerprint density at radius 3 is 2.50 bits per heavy atom. The zero-order chi connectivity index (χ0) is 14.4. The second-order valence-corrected chi connectivity index (χ2v) is 5.09. The minimum Gasteiger partial charge on any atom is -0.497 e. The van der Waals surface area contributed by atoms with Gasteiger partial charge in [-0.1, -0.05) is 54.9 Å². The average Bonchev–Trinajstić information content (AvgIpc) is 2.50. The highest BCUT2D eigenvalue weighted by Crippen LogP contribution is 2.31. The van der Waals surface area contributed by atoms with Crippen LogP contribution in [0.15, 0.2) is 48.5 Å². The Labute approximate surface area is 125 Å². The Bertz CT molecular complexity index is 542. The number of benzene rings is 2. The lowest BCUT2D eigenvalue weighted by molar-refractivity contribution is 0.414. The van der Waals surface area contributed by atoms with Crippen molar-refractivity contribution in [2.24, 2.45) is 0 Å². The van der Waals surface area contributed by atoms with Crippen molar-refractivity contribution in [3.8, 4) is 5.75 Å². The minimum atomic E-state index is 0.106. The molecule has 0 saturated heterocycles. The van der Waals surface area contributed by atoms with Gasteiger partial charge in [-0.25, -0.2) is 0 Å². The maximum atomic E-state index is 6.41. The van der Waals surface area contributed by atoms with Gasteiger partial charge in [-0.3, -0.25) is 0 Å². The molecule has 0 bridgehead atoms. The molecule has 0 saturated carbocycles. The monoisotopic (exact) mass is 289 g/mol. The second-order valence-electron chi connectivity index (χ2n) is 4.69. The van der Waals surface area contributed by atoms with Crippen LogP contribution in [-0.2, 0) is 0 Å². The van der Waals surface area contributed by atoms with E-state index in [2.05, 4.69) is 24.4 Å². The molecule has 0 aliphatic carbocycles. The molecule has 0 fully saturated rings. The lowest BCUT2D eigenvalue weighted by Crippen LogP contribution is -2.23. The third-order valence-corrected chi connectivity index (χ3v) is 3.58. The Hall–Kier alpha value is -1.51. The molecule has 0 aromatic heterocycles. The van der Waals surface area contributed by atoms with Crippen LogP contribution in [0.1, 0.15) is 30.5 Å². The highest BCUT2D eigenvalue weighted by Gasteiger charge is 2.16. The van der Waals surface area contributed by atoms with Gasteiger partial charge in [0.15, 0.2) is 0 Å². The molecule has 1 N–H and O–H groups in total. The summed E-state index contributed by atoms with van der Waals surface area (Å²) in [6.45, 7) is 3.10. The van der Waals surface area contributed by atoms with Gasteiger partial charge in [-0.2, -0.15) is 0 Å². The van der Waals surface area contributed by atoms with Gasteiger partial charge in [-0.05, 0) is 36.2 Å². The van der Waals surface area contributed by atoms with Gasteiger partial charge in [0.25, 0.3) is 0 Å². The first-order valence-electron chi connectivity index (χ1n) is 6.88. The van der Waals surface area contributed by atoms with Crippen LogP contribution in [0.25, 0.3) is 0 Å². The van der Waals surface area contributed by atoms with Crippen molar-refractivity contribution in [1.82, 2.24) is 5.32 Å². The molecule has 0 radical (unpaired) electrons. The van der Waals surface area contributed by atoms with Gasteiger partial charge in [0.1, 0.15) is 5.75 Å². The Morgan fingerprint density at radius 2 is 1.90 bits per heavy atom. The molecule has 20 heavy (non-hydrogen) atoms. The van der Waals surface area contributed by atoms with Crippen LogP contribution in [0.5, 0.6) is 5.75 Å². The molecule has 0 aliphatic heterocycles. The van der Waals surface area contributed by atoms with Gasteiger partial charge in [-0.15, -0.1) is 0 Å². The zero-order valence-corrected chi connectivity index (χ0v) is 12.7. The number of ether oxygens (including phenoxy) is 1. The summed E-state index contributed by atoms with van der Waals surface area (Å²) in [5, 5.41) is 4.28. The minimum absolute atomic E-state index is 0.106. The topological polar surface area (TPSA) is 21.3 Å². The number of hydrogen-bond donors (Lipinski definition) is 1. The van der Waals surface area contributed by atoms with E-state index < -0.39 is 0 Å².